The fourth-order valence-electron chi connectivity index (χ4n) is 2.47. The number of hydrogen-bond acceptors (Lipinski definition) is 3. The summed E-state index contributed by atoms with van der Waals surface area (Å²) in [4.78, 5) is 25.1. The monoisotopic (exact) mass is 294 g/mol. The molecule has 0 spiro atoms. The minimum absolute atomic E-state index is 0.206. The van der Waals surface area contributed by atoms with Crippen LogP contribution in [0.15, 0.2) is 5.38 Å². The summed E-state index contributed by atoms with van der Waals surface area (Å²) in [6.45, 7) is 8.15. The first-order valence-electron chi connectivity index (χ1n) is 7.67. The molecule has 0 aliphatic heterocycles. The molecule has 0 bridgehead atoms. The number of Topliss-reactive ketones (excluding diaryl/α,β-unsaturated/α-hetero) is 2. The molecule has 1 unspecified atom stereocenters. The van der Waals surface area contributed by atoms with Crippen LogP contribution in [0.1, 0.15) is 86.0 Å². The zero-order valence-corrected chi connectivity index (χ0v) is 13.9. The molecule has 0 aliphatic rings. The number of ketones is 2. The van der Waals surface area contributed by atoms with Gasteiger partial charge in [-0.3, -0.25) is 9.59 Å². The first-order chi connectivity index (χ1) is 9.54. The fraction of sp³-hybridized carbons (Fsp3) is 0.647. The second-order valence-corrected chi connectivity index (χ2v) is 6.28. The van der Waals surface area contributed by atoms with Gasteiger partial charge in [-0.1, -0.05) is 27.2 Å². The van der Waals surface area contributed by atoms with Crippen molar-refractivity contribution in [3.63, 3.8) is 0 Å². The summed E-state index contributed by atoms with van der Waals surface area (Å²) >= 11 is 1.65. The predicted molar refractivity (Wildman–Crippen MR) is 85.9 cm³/mol. The molecule has 3 heteroatoms. The highest BCUT2D eigenvalue weighted by molar-refractivity contribution is 7.10. The Hall–Kier alpha value is -0.960. The van der Waals surface area contributed by atoms with Crippen molar-refractivity contribution >= 4 is 22.9 Å². The zero-order valence-electron chi connectivity index (χ0n) is 13.1. The van der Waals surface area contributed by atoms with Crippen LogP contribution >= 0.6 is 11.3 Å². The van der Waals surface area contributed by atoms with Crippen LogP contribution in [0.5, 0.6) is 0 Å². The fourth-order valence-corrected chi connectivity index (χ4v) is 3.76. The molecule has 112 valence electrons. The predicted octanol–water partition coefficient (Wildman–Crippen LogP) is 5.29. The highest BCUT2D eigenvalue weighted by Crippen LogP contribution is 2.34. The van der Waals surface area contributed by atoms with E-state index in [1.807, 2.05) is 19.2 Å². The van der Waals surface area contributed by atoms with E-state index in [-0.39, 0.29) is 11.7 Å². The maximum atomic E-state index is 12.0. The molecule has 0 N–H and O–H groups in total. The molecule has 0 aliphatic carbocycles. The molecular formula is C17H26O2S. The van der Waals surface area contributed by atoms with Gasteiger partial charge >= 0.3 is 0 Å². The van der Waals surface area contributed by atoms with E-state index in [0.29, 0.717) is 25.0 Å². The molecule has 1 atom stereocenters. The topological polar surface area (TPSA) is 34.1 Å². The molecule has 0 aromatic carbocycles. The third-order valence-corrected chi connectivity index (χ3v) is 5.09. The van der Waals surface area contributed by atoms with Gasteiger partial charge in [-0.05, 0) is 25.3 Å². The Labute approximate surface area is 126 Å². The van der Waals surface area contributed by atoms with Gasteiger partial charge in [-0.25, -0.2) is 0 Å². The molecule has 1 rings (SSSR count). The maximum absolute atomic E-state index is 12.0. The molecule has 1 aromatic rings. The molecule has 1 aromatic heterocycles. The summed E-state index contributed by atoms with van der Waals surface area (Å²) in [6.07, 6.45) is 4.87. The van der Waals surface area contributed by atoms with Crippen LogP contribution in [0.25, 0.3) is 0 Å². The van der Waals surface area contributed by atoms with E-state index in [1.54, 1.807) is 11.3 Å². The van der Waals surface area contributed by atoms with E-state index < -0.39 is 0 Å². The van der Waals surface area contributed by atoms with E-state index >= 15 is 0 Å². The van der Waals surface area contributed by atoms with Crippen LogP contribution in [0.2, 0.25) is 0 Å². The number of hydrogen-bond donors (Lipinski definition) is 0. The lowest BCUT2D eigenvalue weighted by atomic mass is 9.92. The van der Waals surface area contributed by atoms with E-state index in [9.17, 15) is 9.59 Å². The highest BCUT2D eigenvalue weighted by Gasteiger charge is 2.21. The number of unbranched alkanes of at least 4 members (excludes halogenated alkanes) is 1. The second-order valence-electron chi connectivity index (χ2n) is 5.37. The van der Waals surface area contributed by atoms with Crippen molar-refractivity contribution in [1.29, 1.82) is 0 Å². The van der Waals surface area contributed by atoms with Crippen LogP contribution in [0.4, 0.5) is 0 Å². The Morgan fingerprint density at radius 1 is 1.25 bits per heavy atom. The van der Waals surface area contributed by atoms with Crippen molar-refractivity contribution in [1.82, 2.24) is 0 Å². The first kappa shape index (κ1) is 17.1. The SMILES string of the molecule is CCCCC(=O)CC(CC)c1scc(C(=O)CC)c1C. The molecule has 20 heavy (non-hydrogen) atoms. The van der Waals surface area contributed by atoms with Gasteiger partial charge in [0.2, 0.25) is 0 Å². The van der Waals surface area contributed by atoms with Gasteiger partial charge in [0.15, 0.2) is 5.78 Å². The average molecular weight is 294 g/mol. The lowest BCUT2D eigenvalue weighted by Crippen LogP contribution is -2.07. The van der Waals surface area contributed by atoms with Gasteiger partial charge in [-0.2, -0.15) is 0 Å². The van der Waals surface area contributed by atoms with Crippen LogP contribution in [0, 0.1) is 6.92 Å². The molecule has 0 radical (unpaired) electrons. The number of thiophene rings is 1. The van der Waals surface area contributed by atoms with Crippen molar-refractivity contribution < 1.29 is 9.59 Å². The third kappa shape index (κ3) is 4.27. The van der Waals surface area contributed by atoms with Crippen LogP contribution in [-0.2, 0) is 4.79 Å². The lowest BCUT2D eigenvalue weighted by Gasteiger charge is -2.14. The number of carbonyl (C=O) groups is 2. The number of carbonyl (C=O) groups excluding carboxylic acids is 2. The Morgan fingerprint density at radius 3 is 2.50 bits per heavy atom. The quantitative estimate of drug-likeness (QED) is 0.580. The Bertz CT molecular complexity index is 460. The highest BCUT2D eigenvalue weighted by atomic mass is 32.1. The van der Waals surface area contributed by atoms with Crippen molar-refractivity contribution in [3.05, 3.63) is 21.4 Å². The zero-order chi connectivity index (χ0) is 15.1. The van der Waals surface area contributed by atoms with Gasteiger partial charge < -0.3 is 0 Å². The lowest BCUT2D eigenvalue weighted by molar-refractivity contribution is -0.119. The van der Waals surface area contributed by atoms with Crippen molar-refractivity contribution in [2.75, 3.05) is 0 Å². The van der Waals surface area contributed by atoms with Crippen LogP contribution in [0.3, 0.4) is 0 Å². The average Bonchev–Trinajstić information content (AvgIpc) is 2.83. The van der Waals surface area contributed by atoms with Gasteiger partial charge in [0, 0.05) is 41.0 Å². The Morgan fingerprint density at radius 2 is 1.95 bits per heavy atom. The third-order valence-electron chi connectivity index (χ3n) is 3.85. The number of rotatable bonds is 9. The largest absolute Gasteiger partial charge is 0.300 e. The van der Waals surface area contributed by atoms with E-state index in [4.69, 9.17) is 0 Å². The minimum atomic E-state index is 0.206. The first-order valence-corrected chi connectivity index (χ1v) is 8.55. The molecule has 0 fully saturated rings. The van der Waals surface area contributed by atoms with Crippen molar-refractivity contribution in [2.24, 2.45) is 0 Å². The summed E-state index contributed by atoms with van der Waals surface area (Å²) in [7, 11) is 0. The van der Waals surface area contributed by atoms with E-state index in [1.165, 1.54) is 4.88 Å². The Kier molecular flexibility index (Phi) is 7.14. The molecule has 1 heterocycles. The normalized spacial score (nSPS) is 12.4. The molecule has 0 saturated heterocycles. The van der Waals surface area contributed by atoms with Gasteiger partial charge in [0.25, 0.3) is 0 Å². The van der Waals surface area contributed by atoms with Gasteiger partial charge in [0.05, 0.1) is 0 Å². The summed E-state index contributed by atoms with van der Waals surface area (Å²) in [5.41, 5.74) is 1.95. The van der Waals surface area contributed by atoms with E-state index in [2.05, 4.69) is 13.8 Å². The Balaban J connectivity index is 2.82. The van der Waals surface area contributed by atoms with Crippen molar-refractivity contribution in [3.8, 4) is 0 Å². The second kappa shape index (κ2) is 8.35. The summed E-state index contributed by atoms with van der Waals surface area (Å²) in [5, 5.41) is 1.97. The molecule has 0 saturated carbocycles. The summed E-state index contributed by atoms with van der Waals surface area (Å²) in [6, 6.07) is 0. The smallest absolute Gasteiger partial charge is 0.163 e. The maximum Gasteiger partial charge on any atom is 0.163 e. The van der Waals surface area contributed by atoms with Crippen LogP contribution in [-0.4, -0.2) is 11.6 Å². The molecule has 2 nitrogen and oxygen atoms in total. The molecular weight excluding hydrogens is 268 g/mol. The van der Waals surface area contributed by atoms with Crippen molar-refractivity contribution in [2.45, 2.75) is 72.1 Å². The minimum Gasteiger partial charge on any atom is -0.300 e. The van der Waals surface area contributed by atoms with E-state index in [0.717, 1.165) is 30.4 Å². The summed E-state index contributed by atoms with van der Waals surface area (Å²) < 4.78 is 0. The van der Waals surface area contributed by atoms with Gasteiger partial charge in [-0.15, -0.1) is 11.3 Å². The molecule has 0 amide bonds. The van der Waals surface area contributed by atoms with Gasteiger partial charge in [0.1, 0.15) is 5.78 Å². The van der Waals surface area contributed by atoms with Crippen LogP contribution < -0.4 is 0 Å². The standard InChI is InChI=1S/C17H26O2S/c1-5-8-9-14(18)10-13(6-2)17-12(4)15(11-20-17)16(19)7-3/h11,13H,5-10H2,1-4H3. The summed E-state index contributed by atoms with van der Waals surface area (Å²) in [5.74, 6) is 0.842.